The van der Waals surface area contributed by atoms with Crippen LogP contribution in [0.15, 0.2) is 72.1 Å². The molecule has 178 valence electrons. The number of nitro groups is 2. The summed E-state index contributed by atoms with van der Waals surface area (Å²) < 4.78 is 33.9. The van der Waals surface area contributed by atoms with Gasteiger partial charge in [0.05, 0.1) is 38.4 Å². The van der Waals surface area contributed by atoms with Gasteiger partial charge in [0.15, 0.2) is 4.88 Å². The van der Waals surface area contributed by atoms with E-state index in [0.717, 1.165) is 36.9 Å². The molecule has 0 atom stereocenters. The number of hydrogen-bond acceptors (Lipinski definition) is 8. The van der Waals surface area contributed by atoms with Gasteiger partial charge < -0.3 is 4.55 Å². The Morgan fingerprint density at radius 2 is 1.34 bits per heavy atom. The Labute approximate surface area is 206 Å². The molecular formula is C22H14N2O8S3. The summed E-state index contributed by atoms with van der Waals surface area (Å²) in [7, 11) is -4.92. The molecule has 0 spiro atoms. The molecule has 1 heterocycles. The van der Waals surface area contributed by atoms with Crippen LogP contribution in [0.1, 0.15) is 21.2 Å². The van der Waals surface area contributed by atoms with Crippen LogP contribution in [0.3, 0.4) is 0 Å². The first-order chi connectivity index (χ1) is 16.5. The first-order valence-corrected chi connectivity index (χ1v) is 12.8. The molecule has 1 aliphatic rings. The molecule has 0 amide bonds. The monoisotopic (exact) mass is 530 g/mol. The van der Waals surface area contributed by atoms with Crippen molar-refractivity contribution < 1.29 is 27.4 Å². The molecule has 0 radical (unpaired) electrons. The van der Waals surface area contributed by atoms with Crippen LogP contribution in [0.25, 0.3) is 21.6 Å². The lowest BCUT2D eigenvalue weighted by Gasteiger charge is -2.06. The van der Waals surface area contributed by atoms with Gasteiger partial charge in [0, 0.05) is 29.8 Å². The number of nitrogens with zero attached hydrogens (tertiary/aromatic N) is 2. The van der Waals surface area contributed by atoms with Gasteiger partial charge in [-0.1, -0.05) is 30.3 Å². The second kappa shape index (κ2) is 9.56. The molecule has 0 bridgehead atoms. The average Bonchev–Trinajstić information content (AvgIpc) is 3.40. The van der Waals surface area contributed by atoms with Gasteiger partial charge in [0.1, 0.15) is 5.38 Å². The highest BCUT2D eigenvalue weighted by molar-refractivity contribution is 7.79. The van der Waals surface area contributed by atoms with Gasteiger partial charge in [-0.25, -0.2) is 8.42 Å². The van der Waals surface area contributed by atoms with Crippen molar-refractivity contribution in [3.8, 4) is 21.6 Å². The molecule has 3 aromatic carbocycles. The quantitative estimate of drug-likeness (QED) is 0.101. The summed E-state index contributed by atoms with van der Waals surface area (Å²) in [6.45, 7) is 0. The molecule has 0 saturated carbocycles. The van der Waals surface area contributed by atoms with Crippen molar-refractivity contribution in [1.29, 1.82) is 0 Å². The van der Waals surface area contributed by atoms with Crippen molar-refractivity contribution in [2.45, 2.75) is 5.92 Å². The van der Waals surface area contributed by atoms with E-state index >= 15 is 0 Å². The predicted octanol–water partition coefficient (Wildman–Crippen LogP) is 5.74. The minimum atomic E-state index is -4.92. The second-order valence-electron chi connectivity index (χ2n) is 7.31. The molecule has 0 aliphatic heterocycles. The van der Waals surface area contributed by atoms with Gasteiger partial charge in [0.25, 0.3) is 15.6 Å². The van der Waals surface area contributed by atoms with Gasteiger partial charge >= 0.3 is 0 Å². The van der Waals surface area contributed by atoms with Gasteiger partial charge in [0.2, 0.25) is 10.4 Å². The lowest BCUT2D eigenvalue weighted by Crippen LogP contribution is -1.98. The Kier molecular flexibility index (Phi) is 6.69. The maximum atomic E-state index is 11.4. The molecule has 1 aliphatic carbocycles. The van der Waals surface area contributed by atoms with Crippen LogP contribution in [0.2, 0.25) is 0 Å². The van der Waals surface area contributed by atoms with Crippen molar-refractivity contribution in [2.75, 3.05) is 0 Å². The SMILES string of the molecule is O=S(=O)([O-])O.O=[N+]([O-])c1ccc2c(c1)C(c1sc(-c3ccccc3)c[s+]1)c1cc([N+](=O)[O-])ccc1-2. The van der Waals surface area contributed by atoms with Crippen LogP contribution in [0.5, 0.6) is 0 Å². The standard InChI is InChI=1S/C22H13N2O4S2.H2O4S/c25-23(26)14-6-8-16-17-9-7-15(24(27)28)11-19(17)21(18(16)10-14)22-29-12-20(30-22)13-4-2-1-3-5-13;1-5(2,3)4/h1-12,21H;(H2,1,2,3,4)/q+1;/p-1. The zero-order valence-electron chi connectivity index (χ0n) is 17.4. The zero-order chi connectivity index (χ0) is 25.3. The van der Waals surface area contributed by atoms with Gasteiger partial charge in [-0.15, -0.1) is 0 Å². The molecule has 13 heteroatoms. The molecule has 0 saturated heterocycles. The lowest BCUT2D eigenvalue weighted by molar-refractivity contribution is -0.385. The van der Waals surface area contributed by atoms with Crippen molar-refractivity contribution >= 4 is 44.4 Å². The highest BCUT2D eigenvalue weighted by atomic mass is 32.3. The zero-order valence-corrected chi connectivity index (χ0v) is 19.9. The van der Waals surface area contributed by atoms with Crippen molar-refractivity contribution in [3.63, 3.8) is 0 Å². The number of rotatable bonds is 4. The first kappa shape index (κ1) is 24.5. The third kappa shape index (κ3) is 5.39. The van der Waals surface area contributed by atoms with E-state index in [0.29, 0.717) is 0 Å². The van der Waals surface area contributed by atoms with Crippen LogP contribution < -0.4 is 0 Å². The number of fused-ring (bicyclic) bond motifs is 3. The van der Waals surface area contributed by atoms with Gasteiger partial charge in [-0.05, 0) is 34.4 Å². The molecule has 35 heavy (non-hydrogen) atoms. The summed E-state index contributed by atoms with van der Waals surface area (Å²) in [6.07, 6.45) is 0. The Morgan fingerprint density at radius 3 is 1.80 bits per heavy atom. The molecule has 5 rings (SSSR count). The van der Waals surface area contributed by atoms with Gasteiger partial charge in [-0.2, -0.15) is 0 Å². The van der Waals surface area contributed by atoms with E-state index in [1.165, 1.54) is 12.1 Å². The summed E-state index contributed by atoms with van der Waals surface area (Å²) in [4.78, 5) is 23.0. The summed E-state index contributed by atoms with van der Waals surface area (Å²) in [5.41, 5.74) is 4.54. The third-order valence-corrected chi connectivity index (χ3v) is 7.71. The normalized spacial score (nSPS) is 12.3. The highest BCUT2D eigenvalue weighted by Crippen LogP contribution is 2.53. The van der Waals surface area contributed by atoms with E-state index in [1.54, 1.807) is 46.9 Å². The van der Waals surface area contributed by atoms with E-state index in [2.05, 4.69) is 5.38 Å². The summed E-state index contributed by atoms with van der Waals surface area (Å²) in [5, 5.41) is 24.8. The molecule has 4 aromatic rings. The molecular weight excluding hydrogens is 516 g/mol. The summed E-state index contributed by atoms with van der Waals surface area (Å²) in [5.74, 6) is -0.262. The average molecular weight is 531 g/mol. The molecule has 1 N–H and O–H groups in total. The first-order valence-electron chi connectivity index (χ1n) is 9.75. The van der Waals surface area contributed by atoms with Gasteiger partial charge in [-0.3, -0.25) is 24.8 Å². The largest absolute Gasteiger partial charge is 0.726 e. The number of nitro benzene ring substituents is 2. The number of benzene rings is 3. The Balaban J connectivity index is 0.000000527. The van der Waals surface area contributed by atoms with Crippen LogP contribution in [-0.4, -0.2) is 27.4 Å². The van der Waals surface area contributed by atoms with Crippen LogP contribution in [0.4, 0.5) is 11.4 Å². The second-order valence-corrected chi connectivity index (χ2v) is 10.4. The molecule has 1 aromatic heterocycles. The van der Waals surface area contributed by atoms with E-state index in [1.807, 2.05) is 30.3 Å². The minimum absolute atomic E-state index is 0.0193. The van der Waals surface area contributed by atoms with E-state index < -0.39 is 20.2 Å². The minimum Gasteiger partial charge on any atom is -0.726 e. The predicted molar refractivity (Wildman–Crippen MR) is 130 cm³/mol. The van der Waals surface area contributed by atoms with Crippen molar-refractivity contribution in [3.05, 3.63) is 108 Å². The highest BCUT2D eigenvalue weighted by Gasteiger charge is 2.38. The third-order valence-electron chi connectivity index (χ3n) is 5.19. The fraction of sp³-hybridized carbons (Fsp3) is 0.0455. The van der Waals surface area contributed by atoms with Crippen LogP contribution in [0, 0.1) is 20.2 Å². The summed E-state index contributed by atoms with van der Waals surface area (Å²) >= 11 is 3.19. The lowest BCUT2D eigenvalue weighted by atomic mass is 9.98. The van der Waals surface area contributed by atoms with Crippen LogP contribution >= 0.6 is 22.7 Å². The number of hydrogen-bond donors (Lipinski definition) is 1. The fourth-order valence-corrected chi connectivity index (χ4v) is 6.38. The van der Waals surface area contributed by atoms with E-state index in [9.17, 15) is 20.2 Å². The van der Waals surface area contributed by atoms with Crippen molar-refractivity contribution in [2.24, 2.45) is 0 Å². The van der Waals surface area contributed by atoms with E-state index in [-0.39, 0.29) is 17.3 Å². The topological polar surface area (TPSA) is 164 Å². The fourth-order valence-electron chi connectivity index (χ4n) is 3.84. The van der Waals surface area contributed by atoms with E-state index in [4.69, 9.17) is 17.5 Å². The maximum Gasteiger partial charge on any atom is 0.269 e. The number of non-ortho nitro benzene ring substituents is 2. The molecule has 0 fully saturated rings. The molecule has 0 unspecified atom stereocenters. The summed E-state index contributed by atoms with van der Waals surface area (Å²) in [6, 6.07) is 19.6. The van der Waals surface area contributed by atoms with Crippen molar-refractivity contribution in [1.82, 2.24) is 0 Å². The Bertz CT molecular complexity index is 1480. The molecule has 10 nitrogen and oxygen atoms in total. The Morgan fingerprint density at radius 1 is 0.857 bits per heavy atom. The smallest absolute Gasteiger partial charge is 0.269 e. The maximum absolute atomic E-state index is 11.4. The Hall–Kier alpha value is -3.62. The van der Waals surface area contributed by atoms with Crippen LogP contribution in [-0.2, 0) is 10.4 Å².